The maximum atomic E-state index is 11.5. The van der Waals surface area contributed by atoms with Gasteiger partial charge in [0.25, 0.3) is 0 Å². The van der Waals surface area contributed by atoms with Gasteiger partial charge in [-0.1, -0.05) is 23.7 Å². The van der Waals surface area contributed by atoms with Crippen molar-refractivity contribution in [2.75, 3.05) is 0 Å². The van der Waals surface area contributed by atoms with Crippen LogP contribution in [-0.4, -0.2) is 10.9 Å². The van der Waals surface area contributed by atoms with Crippen LogP contribution in [-0.2, 0) is 9.53 Å². The monoisotopic (exact) mass is 225 g/mol. The fourth-order valence-electron chi connectivity index (χ4n) is 1.37. The molecular weight excluding hydrogens is 218 g/mol. The third kappa shape index (κ3) is 1.64. The third-order valence-corrected chi connectivity index (χ3v) is 2.34. The van der Waals surface area contributed by atoms with Crippen LogP contribution >= 0.6 is 11.6 Å². The molecule has 2 rings (SSSR count). The van der Waals surface area contributed by atoms with E-state index in [-0.39, 0.29) is 5.88 Å². The molecule has 0 radical (unpaired) electrons. The second kappa shape index (κ2) is 3.47. The molecule has 0 unspecified atom stereocenters. The molecule has 0 amide bonds. The quantitative estimate of drug-likeness (QED) is 0.763. The van der Waals surface area contributed by atoms with Gasteiger partial charge in [0, 0.05) is 10.6 Å². The van der Waals surface area contributed by atoms with Gasteiger partial charge in [-0.15, -0.1) is 0 Å². The molecule has 1 aromatic rings. The van der Waals surface area contributed by atoms with E-state index in [4.69, 9.17) is 22.1 Å². The van der Waals surface area contributed by atoms with Gasteiger partial charge in [-0.25, -0.2) is 0 Å². The second-order valence-electron chi connectivity index (χ2n) is 3.13. The molecule has 5 heteroatoms. The van der Waals surface area contributed by atoms with E-state index in [9.17, 15) is 9.90 Å². The van der Waals surface area contributed by atoms with E-state index in [1.807, 2.05) is 0 Å². The van der Waals surface area contributed by atoms with E-state index < -0.39 is 17.6 Å². The minimum absolute atomic E-state index is 0.245. The Bertz CT molecular complexity index is 456. The average molecular weight is 226 g/mol. The van der Waals surface area contributed by atoms with E-state index >= 15 is 0 Å². The summed E-state index contributed by atoms with van der Waals surface area (Å²) in [4.78, 5) is 11.5. The highest BCUT2D eigenvalue weighted by atomic mass is 35.5. The molecule has 0 saturated heterocycles. The molecule has 0 saturated carbocycles. The smallest absolute Gasteiger partial charge is 0.247 e. The standard InChI is InChI=1S/C10H8ClNO3/c11-6-3-1-2-5(4-6)9-7(13)8(14)10(12)15-9/h1-4,9,14H,12H2/t9-/m1/s1. The van der Waals surface area contributed by atoms with Gasteiger partial charge < -0.3 is 15.6 Å². The molecule has 3 N–H and O–H groups in total. The first-order valence-corrected chi connectivity index (χ1v) is 4.62. The number of halogens is 1. The molecule has 1 atom stereocenters. The molecule has 1 aliphatic rings. The fraction of sp³-hybridized carbons (Fsp3) is 0.100. The maximum absolute atomic E-state index is 11.5. The molecule has 0 spiro atoms. The Morgan fingerprint density at radius 1 is 1.47 bits per heavy atom. The van der Waals surface area contributed by atoms with Crippen LogP contribution in [0.2, 0.25) is 5.02 Å². The van der Waals surface area contributed by atoms with Crippen LogP contribution in [0.1, 0.15) is 11.7 Å². The van der Waals surface area contributed by atoms with Crippen LogP contribution in [0, 0.1) is 0 Å². The minimum Gasteiger partial charge on any atom is -0.501 e. The Morgan fingerprint density at radius 3 is 2.73 bits per heavy atom. The summed E-state index contributed by atoms with van der Waals surface area (Å²) in [7, 11) is 0. The minimum atomic E-state index is -0.885. The summed E-state index contributed by atoms with van der Waals surface area (Å²) in [6.45, 7) is 0. The molecule has 78 valence electrons. The number of ether oxygens (including phenoxy) is 1. The number of carbonyl (C=O) groups is 1. The number of benzene rings is 1. The van der Waals surface area contributed by atoms with Gasteiger partial charge in [0.05, 0.1) is 0 Å². The number of ketones is 1. The van der Waals surface area contributed by atoms with Crippen molar-refractivity contribution in [3.05, 3.63) is 46.5 Å². The van der Waals surface area contributed by atoms with Crippen LogP contribution < -0.4 is 5.73 Å². The molecule has 0 aliphatic carbocycles. The number of Topliss-reactive ketones (excluding diaryl/α,β-unsaturated/α-hetero) is 1. The molecular formula is C10H8ClNO3. The molecule has 1 aliphatic heterocycles. The van der Waals surface area contributed by atoms with Crippen molar-refractivity contribution in [3.8, 4) is 0 Å². The summed E-state index contributed by atoms with van der Waals surface area (Å²) < 4.78 is 5.03. The highest BCUT2D eigenvalue weighted by molar-refractivity contribution is 6.30. The van der Waals surface area contributed by atoms with Crippen LogP contribution in [0.4, 0.5) is 0 Å². The first kappa shape index (κ1) is 9.86. The maximum Gasteiger partial charge on any atom is 0.247 e. The SMILES string of the molecule is NC1=C(O)C(=O)[C@@H](c2cccc(Cl)c2)O1. The highest BCUT2D eigenvalue weighted by Gasteiger charge is 2.35. The second-order valence-corrected chi connectivity index (χ2v) is 3.57. The lowest BCUT2D eigenvalue weighted by molar-refractivity contribution is -0.123. The summed E-state index contributed by atoms with van der Waals surface area (Å²) in [5, 5.41) is 9.71. The number of hydrogen-bond acceptors (Lipinski definition) is 4. The van der Waals surface area contributed by atoms with Crippen molar-refractivity contribution in [1.82, 2.24) is 0 Å². The topological polar surface area (TPSA) is 72.5 Å². The largest absolute Gasteiger partial charge is 0.501 e. The van der Waals surface area contributed by atoms with Crippen molar-refractivity contribution in [2.45, 2.75) is 6.10 Å². The lowest BCUT2D eigenvalue weighted by atomic mass is 10.1. The van der Waals surface area contributed by atoms with Gasteiger partial charge in [-0.2, -0.15) is 0 Å². The van der Waals surface area contributed by atoms with Crippen molar-refractivity contribution in [1.29, 1.82) is 0 Å². The van der Waals surface area contributed by atoms with Gasteiger partial charge >= 0.3 is 0 Å². The molecule has 15 heavy (non-hydrogen) atoms. The molecule has 1 heterocycles. The fourth-order valence-corrected chi connectivity index (χ4v) is 1.57. The Kier molecular flexibility index (Phi) is 2.28. The molecule has 0 aromatic heterocycles. The summed E-state index contributed by atoms with van der Waals surface area (Å²) in [6, 6.07) is 6.65. The lowest BCUT2D eigenvalue weighted by Crippen LogP contribution is -2.09. The zero-order chi connectivity index (χ0) is 11.0. The highest BCUT2D eigenvalue weighted by Crippen LogP contribution is 2.30. The predicted molar refractivity (Wildman–Crippen MR) is 54.1 cm³/mol. The molecule has 0 fully saturated rings. The number of hydrogen-bond donors (Lipinski definition) is 2. The van der Waals surface area contributed by atoms with Crippen molar-refractivity contribution in [2.24, 2.45) is 5.73 Å². The normalized spacial score (nSPS) is 20.6. The number of rotatable bonds is 1. The summed E-state index contributed by atoms with van der Waals surface area (Å²) in [6.07, 6.45) is -0.885. The number of nitrogens with two attached hydrogens (primary N) is 1. The molecule has 4 nitrogen and oxygen atoms in total. The summed E-state index contributed by atoms with van der Waals surface area (Å²) in [5.41, 5.74) is 5.86. The van der Waals surface area contributed by atoms with E-state index in [0.29, 0.717) is 10.6 Å². The Hall–Kier alpha value is -1.68. The summed E-state index contributed by atoms with van der Waals surface area (Å²) >= 11 is 5.77. The first-order chi connectivity index (χ1) is 7.09. The zero-order valence-electron chi connectivity index (χ0n) is 7.61. The van der Waals surface area contributed by atoms with Crippen molar-refractivity contribution < 1.29 is 14.6 Å². The van der Waals surface area contributed by atoms with Crippen molar-refractivity contribution >= 4 is 17.4 Å². The van der Waals surface area contributed by atoms with E-state index in [2.05, 4.69) is 0 Å². The van der Waals surface area contributed by atoms with Gasteiger partial charge in [0.2, 0.25) is 17.4 Å². The zero-order valence-corrected chi connectivity index (χ0v) is 8.36. The number of carbonyl (C=O) groups excluding carboxylic acids is 1. The third-order valence-electron chi connectivity index (χ3n) is 2.10. The first-order valence-electron chi connectivity index (χ1n) is 4.24. The van der Waals surface area contributed by atoms with Crippen LogP contribution in [0.25, 0.3) is 0 Å². The van der Waals surface area contributed by atoms with Crippen LogP contribution in [0.3, 0.4) is 0 Å². The Morgan fingerprint density at radius 2 is 2.20 bits per heavy atom. The molecule has 1 aromatic carbocycles. The van der Waals surface area contributed by atoms with Gasteiger partial charge in [0.15, 0.2) is 6.10 Å². The lowest BCUT2D eigenvalue weighted by Gasteiger charge is -2.09. The Labute approximate surface area is 90.9 Å². The Balaban J connectivity index is 2.33. The van der Waals surface area contributed by atoms with E-state index in [0.717, 1.165) is 0 Å². The number of aliphatic hydroxyl groups is 1. The van der Waals surface area contributed by atoms with Gasteiger partial charge in [0.1, 0.15) is 0 Å². The summed E-state index contributed by atoms with van der Waals surface area (Å²) in [5.74, 6) is -1.32. The predicted octanol–water partition coefficient (Wildman–Crippen LogP) is 1.67. The van der Waals surface area contributed by atoms with Crippen molar-refractivity contribution in [3.63, 3.8) is 0 Å². The average Bonchev–Trinajstić information content (AvgIpc) is 2.46. The van der Waals surface area contributed by atoms with Crippen LogP contribution in [0.5, 0.6) is 0 Å². The van der Waals surface area contributed by atoms with Gasteiger partial charge in [-0.05, 0) is 12.1 Å². The number of aliphatic hydroxyl groups excluding tert-OH is 1. The van der Waals surface area contributed by atoms with E-state index in [1.165, 1.54) is 0 Å². The van der Waals surface area contributed by atoms with Gasteiger partial charge in [-0.3, -0.25) is 4.79 Å². The van der Waals surface area contributed by atoms with E-state index in [1.54, 1.807) is 24.3 Å². The van der Waals surface area contributed by atoms with Crippen LogP contribution in [0.15, 0.2) is 35.9 Å². The molecule has 0 bridgehead atoms.